The molecule has 0 amide bonds. The quantitative estimate of drug-likeness (QED) is 0.861. The minimum atomic E-state index is -2.34. The first kappa shape index (κ1) is 10.9. The highest BCUT2D eigenvalue weighted by molar-refractivity contribution is 5.73. The summed E-state index contributed by atoms with van der Waals surface area (Å²) in [6.45, 7) is -0.0172. The van der Waals surface area contributed by atoms with Crippen LogP contribution >= 0.6 is 0 Å². The molecule has 2 aromatic rings. The number of halogens is 2. The minimum Gasteiger partial charge on any atom is -0.306 e. The van der Waals surface area contributed by atoms with E-state index in [9.17, 15) is 8.78 Å². The molecule has 84 valence electrons. The van der Waals surface area contributed by atoms with E-state index in [1.165, 1.54) is 0 Å². The molecule has 0 unspecified atom stereocenters. The van der Waals surface area contributed by atoms with Crippen LogP contribution in [0, 0.1) is 0 Å². The molecule has 0 fully saturated rings. The van der Waals surface area contributed by atoms with E-state index in [4.69, 9.17) is 0 Å². The summed E-state index contributed by atoms with van der Waals surface area (Å²) in [6.07, 6.45) is -0.741. The molecule has 3 nitrogen and oxygen atoms in total. The summed E-state index contributed by atoms with van der Waals surface area (Å²) in [5.41, 5.74) is 2.25. The molecule has 0 bridgehead atoms. The van der Waals surface area contributed by atoms with Gasteiger partial charge in [-0.15, -0.1) is 0 Å². The third-order valence-corrected chi connectivity index (χ3v) is 2.10. The molecule has 1 N–H and O–H groups in total. The average Bonchev–Trinajstić information content (AvgIpc) is 2.28. The largest absolute Gasteiger partial charge is 0.306 e. The summed E-state index contributed by atoms with van der Waals surface area (Å²) < 4.78 is 23.8. The highest BCUT2D eigenvalue weighted by Crippen LogP contribution is 2.08. The van der Waals surface area contributed by atoms with Gasteiger partial charge in [-0.2, -0.15) is 0 Å². The van der Waals surface area contributed by atoms with Gasteiger partial charge in [0.05, 0.1) is 29.5 Å². The lowest BCUT2D eigenvalue weighted by Crippen LogP contribution is -2.21. The summed E-state index contributed by atoms with van der Waals surface area (Å²) in [5, 5.41) is 2.61. The number of aromatic nitrogens is 2. The SMILES string of the molecule is FC(F)CNCc1cnc2ccccc2n1. The first-order chi connectivity index (χ1) is 7.75. The number of fused-ring (bicyclic) bond motifs is 1. The molecular formula is C11H11F2N3. The molecule has 16 heavy (non-hydrogen) atoms. The molecule has 0 aliphatic carbocycles. The predicted octanol–water partition coefficient (Wildman–Crippen LogP) is 1.98. The van der Waals surface area contributed by atoms with Crippen molar-refractivity contribution in [2.24, 2.45) is 0 Å². The number of para-hydroxylation sites is 2. The van der Waals surface area contributed by atoms with Crippen LogP contribution in [0.2, 0.25) is 0 Å². The van der Waals surface area contributed by atoms with Crippen LogP contribution in [0.1, 0.15) is 5.69 Å². The van der Waals surface area contributed by atoms with Crippen LogP contribution in [0.4, 0.5) is 8.78 Å². The zero-order valence-electron chi connectivity index (χ0n) is 8.53. The van der Waals surface area contributed by atoms with E-state index in [0.29, 0.717) is 12.2 Å². The van der Waals surface area contributed by atoms with Gasteiger partial charge in [-0.25, -0.2) is 13.8 Å². The predicted molar refractivity (Wildman–Crippen MR) is 57.2 cm³/mol. The van der Waals surface area contributed by atoms with E-state index in [0.717, 1.165) is 11.0 Å². The van der Waals surface area contributed by atoms with Gasteiger partial charge in [0.2, 0.25) is 0 Å². The van der Waals surface area contributed by atoms with Crippen molar-refractivity contribution in [1.29, 1.82) is 0 Å². The third-order valence-electron chi connectivity index (χ3n) is 2.10. The number of hydrogen-bond donors (Lipinski definition) is 1. The normalized spacial score (nSPS) is 11.2. The van der Waals surface area contributed by atoms with E-state index in [-0.39, 0.29) is 6.54 Å². The molecule has 2 rings (SSSR count). The van der Waals surface area contributed by atoms with Crippen LogP contribution in [0.5, 0.6) is 0 Å². The molecule has 0 saturated heterocycles. The van der Waals surface area contributed by atoms with E-state index < -0.39 is 6.43 Å². The molecule has 0 atom stereocenters. The van der Waals surface area contributed by atoms with Gasteiger partial charge in [0.25, 0.3) is 6.43 Å². The van der Waals surface area contributed by atoms with Gasteiger partial charge in [0.15, 0.2) is 0 Å². The van der Waals surface area contributed by atoms with Crippen molar-refractivity contribution in [3.8, 4) is 0 Å². The van der Waals surface area contributed by atoms with Crippen LogP contribution in [-0.4, -0.2) is 22.9 Å². The Kier molecular flexibility index (Phi) is 3.36. The maximum absolute atomic E-state index is 11.9. The lowest BCUT2D eigenvalue weighted by Gasteiger charge is -2.04. The fourth-order valence-corrected chi connectivity index (χ4v) is 1.39. The fraction of sp³-hybridized carbons (Fsp3) is 0.273. The second kappa shape index (κ2) is 4.94. The van der Waals surface area contributed by atoms with Gasteiger partial charge in [0.1, 0.15) is 0 Å². The fourth-order valence-electron chi connectivity index (χ4n) is 1.39. The number of alkyl halides is 2. The van der Waals surface area contributed by atoms with Crippen molar-refractivity contribution in [1.82, 2.24) is 15.3 Å². The Morgan fingerprint density at radius 1 is 1.19 bits per heavy atom. The number of nitrogens with one attached hydrogen (secondary N) is 1. The molecule has 1 aromatic heterocycles. The van der Waals surface area contributed by atoms with Gasteiger partial charge in [-0.05, 0) is 12.1 Å². The Morgan fingerprint density at radius 3 is 2.69 bits per heavy atom. The van der Waals surface area contributed by atoms with Crippen LogP contribution in [0.25, 0.3) is 11.0 Å². The molecule has 0 radical (unpaired) electrons. The van der Waals surface area contributed by atoms with Crippen molar-refractivity contribution < 1.29 is 8.78 Å². The number of hydrogen-bond acceptors (Lipinski definition) is 3. The van der Waals surface area contributed by atoms with E-state index in [1.54, 1.807) is 6.20 Å². The second-order valence-corrected chi connectivity index (χ2v) is 3.37. The first-order valence-corrected chi connectivity index (χ1v) is 4.95. The maximum Gasteiger partial charge on any atom is 0.250 e. The van der Waals surface area contributed by atoms with Crippen molar-refractivity contribution >= 4 is 11.0 Å². The summed E-state index contributed by atoms with van der Waals surface area (Å²) in [6, 6.07) is 7.46. The minimum absolute atomic E-state index is 0.308. The zero-order chi connectivity index (χ0) is 11.4. The topological polar surface area (TPSA) is 37.8 Å². The molecule has 5 heteroatoms. The van der Waals surface area contributed by atoms with E-state index >= 15 is 0 Å². The van der Waals surface area contributed by atoms with Gasteiger partial charge in [-0.3, -0.25) is 4.98 Å². The van der Waals surface area contributed by atoms with Crippen molar-refractivity contribution in [3.63, 3.8) is 0 Å². The van der Waals surface area contributed by atoms with Crippen molar-refractivity contribution in [2.75, 3.05) is 6.54 Å². The lowest BCUT2D eigenvalue weighted by atomic mass is 10.3. The number of rotatable bonds is 4. The third kappa shape index (κ3) is 2.70. The monoisotopic (exact) mass is 223 g/mol. The number of benzene rings is 1. The summed E-state index contributed by atoms with van der Waals surface area (Å²) >= 11 is 0. The lowest BCUT2D eigenvalue weighted by molar-refractivity contribution is 0.145. The van der Waals surface area contributed by atoms with Gasteiger partial charge in [0, 0.05) is 6.54 Å². The molecular weight excluding hydrogens is 212 g/mol. The van der Waals surface area contributed by atoms with Gasteiger partial charge < -0.3 is 5.32 Å². The number of nitrogens with zero attached hydrogens (tertiary/aromatic N) is 2. The Bertz CT molecular complexity index is 473. The average molecular weight is 223 g/mol. The van der Waals surface area contributed by atoms with Crippen molar-refractivity contribution in [3.05, 3.63) is 36.2 Å². The summed E-state index contributed by atoms with van der Waals surface area (Å²) in [5.74, 6) is 0. The van der Waals surface area contributed by atoms with E-state index in [1.807, 2.05) is 24.3 Å². The molecule has 1 heterocycles. The molecule has 0 saturated carbocycles. The van der Waals surface area contributed by atoms with Gasteiger partial charge in [-0.1, -0.05) is 12.1 Å². The maximum atomic E-state index is 11.9. The molecule has 1 aromatic carbocycles. The smallest absolute Gasteiger partial charge is 0.250 e. The zero-order valence-corrected chi connectivity index (χ0v) is 8.53. The van der Waals surface area contributed by atoms with Gasteiger partial charge >= 0.3 is 0 Å². The highest BCUT2D eigenvalue weighted by atomic mass is 19.3. The summed E-state index contributed by atoms with van der Waals surface area (Å²) in [7, 11) is 0. The van der Waals surface area contributed by atoms with Crippen LogP contribution in [0.15, 0.2) is 30.5 Å². The molecule has 0 aliphatic rings. The summed E-state index contributed by atoms with van der Waals surface area (Å²) in [4.78, 5) is 8.49. The standard InChI is InChI=1S/C11H11F2N3/c12-11(13)7-14-5-8-6-15-9-3-1-2-4-10(9)16-8/h1-4,6,11,14H,5,7H2. The first-order valence-electron chi connectivity index (χ1n) is 4.95. The molecule has 0 aliphatic heterocycles. The molecule has 0 spiro atoms. The Labute approximate surface area is 91.5 Å². The Hall–Kier alpha value is -1.62. The van der Waals surface area contributed by atoms with Crippen LogP contribution in [-0.2, 0) is 6.54 Å². The van der Waals surface area contributed by atoms with E-state index in [2.05, 4.69) is 15.3 Å². The van der Waals surface area contributed by atoms with Crippen molar-refractivity contribution in [2.45, 2.75) is 13.0 Å². The Morgan fingerprint density at radius 2 is 1.94 bits per heavy atom. The Balaban J connectivity index is 2.08. The van der Waals surface area contributed by atoms with Crippen LogP contribution in [0.3, 0.4) is 0 Å². The highest BCUT2D eigenvalue weighted by Gasteiger charge is 2.02. The van der Waals surface area contributed by atoms with Crippen LogP contribution < -0.4 is 5.32 Å². The second-order valence-electron chi connectivity index (χ2n) is 3.37.